The van der Waals surface area contributed by atoms with Crippen LogP contribution in [-0.2, 0) is 11.0 Å². The third-order valence-corrected chi connectivity index (χ3v) is 6.79. The van der Waals surface area contributed by atoms with Gasteiger partial charge in [-0.1, -0.05) is 17.7 Å². The second-order valence-corrected chi connectivity index (χ2v) is 9.27. The Hall–Kier alpha value is -2.84. The highest BCUT2D eigenvalue weighted by Crippen LogP contribution is 2.45. The highest BCUT2D eigenvalue weighted by atomic mass is 35.5. The molecule has 2 amide bonds. The smallest absolute Gasteiger partial charge is 0.305 e. The summed E-state index contributed by atoms with van der Waals surface area (Å²) < 4.78 is 40.8. The zero-order valence-corrected chi connectivity index (χ0v) is 19.3. The van der Waals surface area contributed by atoms with Gasteiger partial charge in [-0.25, -0.2) is 0 Å². The van der Waals surface area contributed by atoms with Crippen LogP contribution in [0.2, 0.25) is 5.02 Å². The lowest BCUT2D eigenvalue weighted by atomic mass is 9.88. The molecule has 0 N–H and O–H groups in total. The van der Waals surface area contributed by atoms with Crippen LogP contribution >= 0.6 is 22.9 Å². The summed E-state index contributed by atoms with van der Waals surface area (Å²) >= 11 is 7.26. The van der Waals surface area contributed by atoms with Gasteiger partial charge < -0.3 is 9.80 Å². The van der Waals surface area contributed by atoms with Crippen molar-refractivity contribution >= 4 is 46.1 Å². The standard InChI is InChI=1S/C24H20ClF3N2O2S/c1-14-12-21(30(15(2)31)18-8-6-17(25)7-9-18)19-13-16(24(26,27)28)5-10-20(19)29(14)23(32)22-4-3-11-33-22/h3-11,13-14,21H,12H2,1-2H3/t14-,21+/m1/s1. The van der Waals surface area contributed by atoms with E-state index in [2.05, 4.69) is 0 Å². The van der Waals surface area contributed by atoms with Crippen LogP contribution in [0.25, 0.3) is 0 Å². The summed E-state index contributed by atoms with van der Waals surface area (Å²) in [5.41, 5.74) is 0.331. The normalized spacial score (nSPS) is 18.1. The van der Waals surface area contributed by atoms with Gasteiger partial charge in [-0.2, -0.15) is 13.2 Å². The number of nitrogens with zero attached hydrogens (tertiary/aromatic N) is 2. The van der Waals surface area contributed by atoms with Gasteiger partial charge in [0.2, 0.25) is 5.91 Å². The van der Waals surface area contributed by atoms with Gasteiger partial charge in [0.1, 0.15) is 0 Å². The van der Waals surface area contributed by atoms with Gasteiger partial charge in [-0.15, -0.1) is 11.3 Å². The van der Waals surface area contributed by atoms with Crippen LogP contribution in [0.3, 0.4) is 0 Å². The van der Waals surface area contributed by atoms with Crippen molar-refractivity contribution in [2.45, 2.75) is 38.5 Å². The summed E-state index contributed by atoms with van der Waals surface area (Å²) in [7, 11) is 0. The summed E-state index contributed by atoms with van der Waals surface area (Å²) in [6.45, 7) is 3.20. The van der Waals surface area contributed by atoms with Crippen molar-refractivity contribution in [1.82, 2.24) is 0 Å². The lowest BCUT2D eigenvalue weighted by Gasteiger charge is -2.43. The molecule has 0 fully saturated rings. The van der Waals surface area contributed by atoms with Gasteiger partial charge in [0.25, 0.3) is 5.91 Å². The fourth-order valence-corrected chi connectivity index (χ4v) is 5.05. The van der Waals surface area contributed by atoms with Crippen LogP contribution < -0.4 is 9.80 Å². The monoisotopic (exact) mass is 492 g/mol. The van der Waals surface area contributed by atoms with Gasteiger partial charge in [0.05, 0.1) is 16.5 Å². The molecule has 1 aromatic heterocycles. The van der Waals surface area contributed by atoms with Crippen molar-refractivity contribution in [2.75, 3.05) is 9.80 Å². The number of amides is 2. The molecule has 2 heterocycles. The molecule has 0 aliphatic carbocycles. The highest BCUT2D eigenvalue weighted by molar-refractivity contribution is 7.12. The van der Waals surface area contributed by atoms with Crippen LogP contribution in [0, 0.1) is 0 Å². The summed E-state index contributed by atoms with van der Waals surface area (Å²) in [5, 5.41) is 2.25. The average molecular weight is 493 g/mol. The number of thiophene rings is 1. The van der Waals surface area contributed by atoms with Crippen molar-refractivity contribution < 1.29 is 22.8 Å². The molecular formula is C24H20ClF3N2O2S. The van der Waals surface area contributed by atoms with Crippen LogP contribution in [0.5, 0.6) is 0 Å². The Morgan fingerprint density at radius 3 is 2.39 bits per heavy atom. The maximum atomic E-state index is 13.6. The van der Waals surface area contributed by atoms with Crippen LogP contribution in [0.4, 0.5) is 24.5 Å². The number of rotatable bonds is 3. The van der Waals surface area contributed by atoms with E-state index in [1.165, 1.54) is 34.1 Å². The molecule has 4 nitrogen and oxygen atoms in total. The molecule has 172 valence electrons. The summed E-state index contributed by atoms with van der Waals surface area (Å²) in [4.78, 5) is 29.5. The number of alkyl halides is 3. The third-order valence-electron chi connectivity index (χ3n) is 5.69. The van der Waals surface area contributed by atoms with E-state index in [1.807, 2.05) is 6.92 Å². The van der Waals surface area contributed by atoms with E-state index < -0.39 is 17.8 Å². The maximum absolute atomic E-state index is 13.6. The first-order valence-electron chi connectivity index (χ1n) is 10.2. The summed E-state index contributed by atoms with van der Waals surface area (Å²) in [6.07, 6.45) is -4.29. The van der Waals surface area contributed by atoms with E-state index in [0.717, 1.165) is 12.1 Å². The number of carbonyl (C=O) groups excluding carboxylic acids is 2. The molecule has 1 aliphatic heterocycles. The molecule has 1 aliphatic rings. The van der Waals surface area contributed by atoms with Gasteiger partial charge in [0, 0.05) is 29.4 Å². The first kappa shape index (κ1) is 23.3. The Kier molecular flexibility index (Phi) is 6.24. The van der Waals surface area contributed by atoms with E-state index in [4.69, 9.17) is 11.6 Å². The zero-order valence-electron chi connectivity index (χ0n) is 17.8. The number of hydrogen-bond donors (Lipinski definition) is 0. The molecule has 2 aromatic carbocycles. The molecule has 0 radical (unpaired) electrons. The lowest BCUT2D eigenvalue weighted by Crippen LogP contribution is -2.47. The van der Waals surface area contributed by atoms with E-state index in [0.29, 0.717) is 21.3 Å². The summed E-state index contributed by atoms with van der Waals surface area (Å²) in [5.74, 6) is -0.603. The minimum atomic E-state index is -4.56. The number of fused-ring (bicyclic) bond motifs is 1. The Labute approximate surface area is 198 Å². The topological polar surface area (TPSA) is 40.6 Å². The van der Waals surface area contributed by atoms with E-state index in [-0.39, 0.29) is 29.8 Å². The molecule has 0 spiro atoms. The van der Waals surface area contributed by atoms with Crippen LogP contribution in [0.1, 0.15) is 47.1 Å². The highest BCUT2D eigenvalue weighted by Gasteiger charge is 2.40. The second kappa shape index (κ2) is 8.83. The molecular weight excluding hydrogens is 473 g/mol. The van der Waals surface area contributed by atoms with E-state index in [9.17, 15) is 22.8 Å². The summed E-state index contributed by atoms with van der Waals surface area (Å²) in [6, 6.07) is 12.3. The van der Waals surface area contributed by atoms with Crippen molar-refractivity contribution in [3.63, 3.8) is 0 Å². The molecule has 0 bridgehead atoms. The molecule has 2 atom stereocenters. The van der Waals surface area contributed by atoms with E-state index >= 15 is 0 Å². The minimum Gasteiger partial charge on any atom is -0.305 e. The first-order chi connectivity index (χ1) is 15.6. The fourth-order valence-electron chi connectivity index (χ4n) is 4.27. The Morgan fingerprint density at radius 2 is 1.82 bits per heavy atom. The Bertz CT molecular complexity index is 1180. The maximum Gasteiger partial charge on any atom is 0.416 e. The molecule has 0 saturated heterocycles. The number of anilines is 2. The van der Waals surface area contributed by atoms with Crippen LogP contribution in [-0.4, -0.2) is 17.9 Å². The molecule has 3 aromatic rings. The lowest BCUT2D eigenvalue weighted by molar-refractivity contribution is -0.137. The Morgan fingerprint density at radius 1 is 1.12 bits per heavy atom. The van der Waals surface area contributed by atoms with Crippen LogP contribution in [0.15, 0.2) is 60.0 Å². The molecule has 4 rings (SSSR count). The van der Waals surface area contributed by atoms with Gasteiger partial charge in [-0.3, -0.25) is 9.59 Å². The number of halogens is 4. The van der Waals surface area contributed by atoms with Crippen molar-refractivity contribution in [3.05, 3.63) is 81.0 Å². The van der Waals surface area contributed by atoms with Crippen molar-refractivity contribution in [1.29, 1.82) is 0 Å². The van der Waals surface area contributed by atoms with E-state index in [1.54, 1.807) is 41.8 Å². The predicted octanol–water partition coefficient (Wildman–Crippen LogP) is 6.95. The minimum absolute atomic E-state index is 0.271. The number of hydrogen-bond acceptors (Lipinski definition) is 3. The fraction of sp³-hybridized carbons (Fsp3) is 0.250. The van der Waals surface area contributed by atoms with Gasteiger partial charge in [0.15, 0.2) is 0 Å². The molecule has 0 saturated carbocycles. The largest absolute Gasteiger partial charge is 0.416 e. The number of benzene rings is 2. The quantitative estimate of drug-likeness (QED) is 0.397. The molecule has 0 unspecified atom stereocenters. The predicted molar refractivity (Wildman–Crippen MR) is 124 cm³/mol. The number of carbonyl (C=O) groups is 2. The molecule has 33 heavy (non-hydrogen) atoms. The zero-order chi connectivity index (χ0) is 23.9. The van der Waals surface area contributed by atoms with Gasteiger partial charge >= 0.3 is 6.18 Å². The second-order valence-electron chi connectivity index (χ2n) is 7.89. The SMILES string of the molecule is CC(=O)N(c1ccc(Cl)cc1)[C@H]1C[C@@H](C)N(C(=O)c2cccs2)c2ccc(C(F)(F)F)cc21. The Balaban J connectivity index is 1.88. The first-order valence-corrected chi connectivity index (χ1v) is 11.5. The third kappa shape index (κ3) is 4.50. The van der Waals surface area contributed by atoms with Gasteiger partial charge in [-0.05, 0) is 72.8 Å². The van der Waals surface area contributed by atoms with Crippen molar-refractivity contribution in [3.8, 4) is 0 Å². The average Bonchev–Trinajstić information content (AvgIpc) is 3.29. The molecule has 9 heteroatoms. The van der Waals surface area contributed by atoms with Crippen molar-refractivity contribution in [2.24, 2.45) is 0 Å².